The van der Waals surface area contributed by atoms with E-state index in [-0.39, 0.29) is 6.10 Å². The number of benzene rings is 1. The highest BCUT2D eigenvalue weighted by molar-refractivity contribution is 5.79. The van der Waals surface area contributed by atoms with E-state index >= 15 is 0 Å². The Labute approximate surface area is 121 Å². The zero-order valence-corrected chi connectivity index (χ0v) is 12.9. The van der Waals surface area contributed by atoms with Gasteiger partial charge in [0.1, 0.15) is 17.6 Å². The Hall–Kier alpha value is -1.91. The number of nitrogens with zero attached hydrogens (tertiary/aromatic N) is 1. The second-order valence-electron chi connectivity index (χ2n) is 4.86. The first-order chi connectivity index (χ1) is 9.55. The number of aliphatic imine (C=N–C) groups is 1. The van der Waals surface area contributed by atoms with Gasteiger partial charge in [-0.05, 0) is 32.9 Å². The van der Waals surface area contributed by atoms with Gasteiger partial charge in [-0.2, -0.15) is 0 Å². The zero-order chi connectivity index (χ0) is 15.0. The molecule has 0 fully saturated rings. The zero-order valence-electron chi connectivity index (χ0n) is 12.9. The van der Waals surface area contributed by atoms with Crippen LogP contribution in [0.5, 0.6) is 11.5 Å². The second kappa shape index (κ2) is 8.30. The molecule has 5 nitrogen and oxygen atoms in total. The molecule has 0 aromatic heterocycles. The Balaban J connectivity index is 2.44. The molecule has 0 saturated heterocycles. The molecular formula is C15H25N3O2. The van der Waals surface area contributed by atoms with Crippen LogP contribution in [0.4, 0.5) is 0 Å². The normalized spacial score (nSPS) is 13.0. The molecule has 5 heteroatoms. The lowest BCUT2D eigenvalue weighted by Gasteiger charge is -2.19. The van der Waals surface area contributed by atoms with Gasteiger partial charge >= 0.3 is 0 Å². The van der Waals surface area contributed by atoms with Crippen molar-refractivity contribution in [2.45, 2.75) is 32.9 Å². The molecule has 20 heavy (non-hydrogen) atoms. The van der Waals surface area contributed by atoms with Crippen LogP contribution in [0.2, 0.25) is 0 Å². The maximum absolute atomic E-state index is 5.83. The summed E-state index contributed by atoms with van der Waals surface area (Å²) in [5, 5.41) is 6.46. The van der Waals surface area contributed by atoms with Gasteiger partial charge in [0.05, 0.1) is 13.7 Å². The summed E-state index contributed by atoms with van der Waals surface area (Å²) in [5.74, 6) is 2.37. The lowest BCUT2D eigenvalue weighted by molar-refractivity contribution is 0.223. The Kier molecular flexibility index (Phi) is 6.70. The van der Waals surface area contributed by atoms with E-state index in [4.69, 9.17) is 9.47 Å². The fraction of sp³-hybridized carbons (Fsp3) is 0.533. The van der Waals surface area contributed by atoms with E-state index < -0.39 is 0 Å². The minimum atomic E-state index is 0.0211. The third kappa shape index (κ3) is 5.82. The van der Waals surface area contributed by atoms with Crippen molar-refractivity contribution < 1.29 is 9.47 Å². The summed E-state index contributed by atoms with van der Waals surface area (Å²) in [7, 11) is 3.40. The third-order valence-corrected chi connectivity index (χ3v) is 2.58. The van der Waals surface area contributed by atoms with Gasteiger partial charge < -0.3 is 20.1 Å². The molecule has 0 spiro atoms. The van der Waals surface area contributed by atoms with E-state index in [1.807, 2.05) is 31.2 Å². The minimum absolute atomic E-state index is 0.0211. The first kappa shape index (κ1) is 16.1. The van der Waals surface area contributed by atoms with Crippen LogP contribution in [0.15, 0.2) is 29.3 Å². The molecule has 1 atom stereocenters. The lowest BCUT2D eigenvalue weighted by Crippen LogP contribution is -2.44. The first-order valence-electron chi connectivity index (χ1n) is 6.83. The maximum atomic E-state index is 5.83. The molecule has 1 unspecified atom stereocenters. The molecule has 0 amide bonds. The van der Waals surface area contributed by atoms with Crippen LogP contribution in [-0.4, -0.2) is 38.8 Å². The van der Waals surface area contributed by atoms with Gasteiger partial charge in [-0.25, -0.2) is 0 Å². The van der Waals surface area contributed by atoms with E-state index in [0.29, 0.717) is 12.6 Å². The van der Waals surface area contributed by atoms with Crippen LogP contribution >= 0.6 is 0 Å². The molecule has 0 radical (unpaired) electrons. The average molecular weight is 279 g/mol. The Morgan fingerprint density at radius 3 is 2.55 bits per heavy atom. The molecule has 0 heterocycles. The Morgan fingerprint density at radius 2 is 1.95 bits per heavy atom. The van der Waals surface area contributed by atoms with E-state index in [9.17, 15) is 0 Å². The quantitative estimate of drug-likeness (QED) is 0.618. The van der Waals surface area contributed by atoms with Gasteiger partial charge in [0, 0.05) is 19.2 Å². The molecule has 1 aromatic carbocycles. The first-order valence-corrected chi connectivity index (χ1v) is 6.83. The van der Waals surface area contributed by atoms with Gasteiger partial charge in [0.25, 0.3) is 0 Å². The van der Waals surface area contributed by atoms with Crippen molar-refractivity contribution in [3.05, 3.63) is 24.3 Å². The number of nitrogens with one attached hydrogen (secondary N) is 2. The molecule has 0 saturated carbocycles. The summed E-state index contributed by atoms with van der Waals surface area (Å²) in [6.07, 6.45) is 0.0211. The van der Waals surface area contributed by atoms with E-state index in [1.165, 1.54) is 0 Å². The molecule has 0 aliphatic heterocycles. The van der Waals surface area contributed by atoms with E-state index in [1.54, 1.807) is 14.2 Å². The molecule has 1 aromatic rings. The molecule has 1 rings (SSSR count). The molecule has 0 aliphatic carbocycles. The van der Waals surface area contributed by atoms with E-state index in [2.05, 4.69) is 29.5 Å². The lowest BCUT2D eigenvalue weighted by atomic mass is 10.3. The van der Waals surface area contributed by atoms with Crippen molar-refractivity contribution in [2.75, 3.05) is 20.7 Å². The smallest absolute Gasteiger partial charge is 0.191 e. The number of guanidine groups is 1. The van der Waals surface area contributed by atoms with Crippen LogP contribution < -0.4 is 20.1 Å². The predicted octanol–water partition coefficient (Wildman–Crippen LogP) is 2.04. The van der Waals surface area contributed by atoms with Crippen molar-refractivity contribution in [3.63, 3.8) is 0 Å². The topological polar surface area (TPSA) is 54.9 Å². The van der Waals surface area contributed by atoms with Gasteiger partial charge in [-0.1, -0.05) is 6.07 Å². The summed E-state index contributed by atoms with van der Waals surface area (Å²) < 4.78 is 11.0. The molecule has 2 N–H and O–H groups in total. The predicted molar refractivity (Wildman–Crippen MR) is 82.7 cm³/mol. The molecule has 0 bridgehead atoms. The summed E-state index contributed by atoms with van der Waals surface area (Å²) in [5.41, 5.74) is 0. The number of hydrogen-bond donors (Lipinski definition) is 2. The monoisotopic (exact) mass is 279 g/mol. The number of methoxy groups -OCH3 is 1. The highest BCUT2D eigenvalue weighted by atomic mass is 16.5. The number of ether oxygens (including phenoxy) is 2. The molecule has 0 aliphatic rings. The average Bonchev–Trinajstić information content (AvgIpc) is 2.43. The van der Waals surface area contributed by atoms with Crippen molar-refractivity contribution in [3.8, 4) is 11.5 Å². The Bertz CT molecular complexity index is 433. The van der Waals surface area contributed by atoms with Crippen LogP contribution in [0.1, 0.15) is 20.8 Å². The highest BCUT2D eigenvalue weighted by Gasteiger charge is 2.07. The summed E-state index contributed by atoms with van der Waals surface area (Å²) in [4.78, 5) is 4.15. The van der Waals surface area contributed by atoms with Gasteiger partial charge in [-0.15, -0.1) is 0 Å². The Morgan fingerprint density at radius 1 is 1.25 bits per heavy atom. The molecular weight excluding hydrogens is 254 g/mol. The van der Waals surface area contributed by atoms with Crippen LogP contribution in [0.3, 0.4) is 0 Å². The minimum Gasteiger partial charge on any atom is -0.497 e. The van der Waals surface area contributed by atoms with E-state index in [0.717, 1.165) is 17.5 Å². The number of hydrogen-bond acceptors (Lipinski definition) is 3. The van der Waals surface area contributed by atoms with Crippen molar-refractivity contribution in [2.24, 2.45) is 4.99 Å². The van der Waals surface area contributed by atoms with Crippen LogP contribution in [0, 0.1) is 0 Å². The van der Waals surface area contributed by atoms with Gasteiger partial charge in [0.15, 0.2) is 5.96 Å². The van der Waals surface area contributed by atoms with Gasteiger partial charge in [0.2, 0.25) is 0 Å². The number of rotatable bonds is 6. The van der Waals surface area contributed by atoms with Crippen molar-refractivity contribution >= 4 is 5.96 Å². The van der Waals surface area contributed by atoms with Crippen LogP contribution in [-0.2, 0) is 0 Å². The fourth-order valence-corrected chi connectivity index (χ4v) is 1.66. The molecule has 112 valence electrons. The fourth-order valence-electron chi connectivity index (χ4n) is 1.66. The van der Waals surface area contributed by atoms with Crippen molar-refractivity contribution in [1.82, 2.24) is 10.6 Å². The van der Waals surface area contributed by atoms with Gasteiger partial charge in [-0.3, -0.25) is 4.99 Å². The summed E-state index contributed by atoms with van der Waals surface area (Å²) in [6.45, 7) is 6.82. The van der Waals surface area contributed by atoms with Crippen molar-refractivity contribution in [1.29, 1.82) is 0 Å². The summed E-state index contributed by atoms with van der Waals surface area (Å²) in [6, 6.07) is 7.94. The third-order valence-electron chi connectivity index (χ3n) is 2.58. The highest BCUT2D eigenvalue weighted by Crippen LogP contribution is 2.19. The maximum Gasteiger partial charge on any atom is 0.191 e. The summed E-state index contributed by atoms with van der Waals surface area (Å²) >= 11 is 0. The second-order valence-corrected chi connectivity index (χ2v) is 4.86. The largest absolute Gasteiger partial charge is 0.497 e. The SMILES string of the molecule is CN=C(NCC(C)Oc1cccc(OC)c1)NC(C)C. The van der Waals surface area contributed by atoms with Crippen LogP contribution in [0.25, 0.3) is 0 Å². The standard InChI is InChI=1S/C15H25N3O2/c1-11(2)18-15(16-4)17-10-12(3)20-14-8-6-7-13(9-14)19-5/h6-9,11-12H,10H2,1-5H3,(H2,16,17,18).